The van der Waals surface area contributed by atoms with Crippen molar-refractivity contribution in [1.82, 2.24) is 0 Å². The maximum atomic E-state index is 13.1. The molecule has 37 heavy (non-hydrogen) atoms. The second-order valence-corrected chi connectivity index (χ2v) is 11.0. The van der Waals surface area contributed by atoms with Crippen LogP contribution in [-0.4, -0.2) is 33.8 Å². The van der Waals surface area contributed by atoms with Crippen LogP contribution in [0.4, 0.5) is 5.69 Å². The Morgan fingerprint density at radius 1 is 0.811 bits per heavy atom. The highest BCUT2D eigenvalue weighted by molar-refractivity contribution is 7.92. The van der Waals surface area contributed by atoms with Crippen LogP contribution in [0.2, 0.25) is 0 Å². The number of ketones is 1. The smallest absolute Gasteiger partial charge is 0.338 e. The van der Waals surface area contributed by atoms with Gasteiger partial charge < -0.3 is 4.74 Å². The van der Waals surface area contributed by atoms with Crippen molar-refractivity contribution < 1.29 is 22.7 Å². The number of rotatable bonds is 7. The van der Waals surface area contributed by atoms with Crippen LogP contribution < -0.4 is 4.31 Å². The highest BCUT2D eigenvalue weighted by Crippen LogP contribution is 2.36. The second kappa shape index (κ2) is 9.67. The van der Waals surface area contributed by atoms with Gasteiger partial charge in [0, 0.05) is 12.6 Å². The van der Waals surface area contributed by atoms with Gasteiger partial charge in [-0.25, -0.2) is 13.2 Å². The van der Waals surface area contributed by atoms with Crippen molar-refractivity contribution in [2.45, 2.75) is 18.2 Å². The molecule has 0 radical (unpaired) electrons. The lowest BCUT2D eigenvalue weighted by Gasteiger charge is -2.20. The Balaban J connectivity index is 1.29. The van der Waals surface area contributed by atoms with E-state index in [2.05, 4.69) is 6.07 Å². The Kier molecular flexibility index (Phi) is 6.39. The lowest BCUT2D eigenvalue weighted by molar-refractivity contribution is 0.0474. The van der Waals surface area contributed by atoms with Gasteiger partial charge in [0.1, 0.15) is 0 Å². The summed E-state index contributed by atoms with van der Waals surface area (Å²) < 4.78 is 32.7. The number of benzene rings is 4. The largest absolute Gasteiger partial charge is 0.454 e. The summed E-state index contributed by atoms with van der Waals surface area (Å²) in [5.41, 5.74) is 6.52. The molecule has 4 aromatic carbocycles. The summed E-state index contributed by atoms with van der Waals surface area (Å²) in [6.45, 7) is 1.47. The maximum absolute atomic E-state index is 13.1. The molecule has 7 heteroatoms. The third-order valence-corrected chi connectivity index (χ3v) is 8.36. The zero-order valence-corrected chi connectivity index (χ0v) is 21.3. The summed E-state index contributed by atoms with van der Waals surface area (Å²) in [4.78, 5) is 25.5. The Morgan fingerprint density at radius 3 is 2.32 bits per heavy atom. The Morgan fingerprint density at radius 2 is 1.54 bits per heavy atom. The number of esters is 1. The first-order chi connectivity index (χ1) is 17.7. The van der Waals surface area contributed by atoms with Crippen LogP contribution in [0, 0.1) is 6.92 Å². The fourth-order valence-corrected chi connectivity index (χ4v) is 5.67. The van der Waals surface area contributed by atoms with Crippen molar-refractivity contribution in [2.24, 2.45) is 0 Å². The highest BCUT2D eigenvalue weighted by Gasteiger charge is 2.24. The third kappa shape index (κ3) is 4.78. The van der Waals surface area contributed by atoms with Gasteiger partial charge in [0.2, 0.25) is 0 Å². The summed E-state index contributed by atoms with van der Waals surface area (Å²) in [7, 11) is -2.45. The van der Waals surface area contributed by atoms with Gasteiger partial charge in [-0.3, -0.25) is 9.10 Å². The van der Waals surface area contributed by atoms with E-state index in [1.807, 2.05) is 49.4 Å². The van der Waals surface area contributed by atoms with Crippen LogP contribution >= 0.6 is 0 Å². The molecule has 0 atom stereocenters. The van der Waals surface area contributed by atoms with Crippen molar-refractivity contribution in [1.29, 1.82) is 0 Å². The topological polar surface area (TPSA) is 80.8 Å². The second-order valence-electron chi connectivity index (χ2n) is 9.04. The van der Waals surface area contributed by atoms with Gasteiger partial charge in [-0.15, -0.1) is 0 Å². The van der Waals surface area contributed by atoms with E-state index in [-0.39, 0.29) is 16.2 Å². The Hall–Kier alpha value is -4.23. The van der Waals surface area contributed by atoms with E-state index in [9.17, 15) is 18.0 Å². The molecule has 4 aromatic rings. The van der Waals surface area contributed by atoms with E-state index in [0.29, 0.717) is 11.3 Å². The molecule has 0 aliphatic heterocycles. The molecular formula is C30H25NO5S. The predicted octanol–water partition coefficient (Wildman–Crippen LogP) is 5.43. The summed E-state index contributed by atoms with van der Waals surface area (Å²) in [5, 5.41) is 0. The summed E-state index contributed by atoms with van der Waals surface area (Å²) >= 11 is 0. The van der Waals surface area contributed by atoms with Gasteiger partial charge in [0.05, 0.1) is 16.1 Å². The monoisotopic (exact) mass is 511 g/mol. The summed E-state index contributed by atoms with van der Waals surface area (Å²) in [6.07, 6.45) is 0.827. The molecule has 0 amide bonds. The van der Waals surface area contributed by atoms with Crippen molar-refractivity contribution in [2.75, 3.05) is 18.0 Å². The molecule has 0 saturated heterocycles. The van der Waals surface area contributed by atoms with Gasteiger partial charge in [-0.2, -0.15) is 0 Å². The number of ether oxygens (including phenoxy) is 1. The summed E-state index contributed by atoms with van der Waals surface area (Å²) in [5.74, 6) is -1.10. The fraction of sp³-hybridized carbons (Fsp3) is 0.133. The van der Waals surface area contributed by atoms with E-state index in [4.69, 9.17) is 4.74 Å². The predicted molar refractivity (Wildman–Crippen MR) is 143 cm³/mol. The SMILES string of the molecule is Cc1ccc(N(C)S(=O)(=O)c2cccc(C(=O)OCC(=O)c3ccc4c(c3)-c3ccccc3C4)c2)cc1. The van der Waals surface area contributed by atoms with E-state index in [0.717, 1.165) is 33.0 Å². The minimum atomic E-state index is -3.91. The van der Waals surface area contributed by atoms with Crippen molar-refractivity contribution >= 4 is 27.5 Å². The number of carbonyl (C=O) groups is 2. The highest BCUT2D eigenvalue weighted by atomic mass is 32.2. The number of anilines is 1. The molecule has 0 bridgehead atoms. The molecule has 0 saturated carbocycles. The van der Waals surface area contributed by atoms with Crippen LogP contribution in [0.3, 0.4) is 0 Å². The van der Waals surface area contributed by atoms with Gasteiger partial charge in [-0.05, 0) is 72.0 Å². The molecule has 0 aromatic heterocycles. The van der Waals surface area contributed by atoms with E-state index >= 15 is 0 Å². The standard InChI is InChI=1S/C30H25NO5S/c1-20-10-14-25(15-11-20)31(2)37(34,35)26-8-5-7-24(17-26)30(33)36-19-29(32)23-13-12-22-16-21-6-3-4-9-27(21)28(22)18-23/h3-15,17-18H,16,19H2,1-2H3. The van der Waals surface area contributed by atoms with E-state index in [1.54, 1.807) is 18.2 Å². The number of aryl methyl sites for hydroxylation is 1. The average molecular weight is 512 g/mol. The molecule has 5 rings (SSSR count). The van der Waals surface area contributed by atoms with Gasteiger partial charge >= 0.3 is 5.97 Å². The number of Topliss-reactive ketones (excluding diaryl/α,β-unsaturated/α-hetero) is 1. The first-order valence-corrected chi connectivity index (χ1v) is 13.3. The molecule has 1 aliphatic rings. The van der Waals surface area contributed by atoms with Gasteiger partial charge in [0.15, 0.2) is 12.4 Å². The number of nitrogens with zero attached hydrogens (tertiary/aromatic N) is 1. The molecule has 1 aliphatic carbocycles. The molecular weight excluding hydrogens is 486 g/mol. The summed E-state index contributed by atoms with van der Waals surface area (Å²) in [6, 6.07) is 26.3. The number of hydrogen-bond donors (Lipinski definition) is 0. The number of sulfonamides is 1. The molecule has 0 unspecified atom stereocenters. The van der Waals surface area contributed by atoms with Crippen LogP contribution in [0.25, 0.3) is 11.1 Å². The molecule has 0 fully saturated rings. The van der Waals surface area contributed by atoms with Crippen LogP contribution in [-0.2, 0) is 21.2 Å². The van der Waals surface area contributed by atoms with E-state index in [1.165, 1.54) is 36.9 Å². The lowest BCUT2D eigenvalue weighted by atomic mass is 10.0. The number of fused-ring (bicyclic) bond motifs is 3. The van der Waals surface area contributed by atoms with Crippen LogP contribution in [0.1, 0.15) is 37.4 Å². The van der Waals surface area contributed by atoms with E-state index < -0.39 is 22.6 Å². The van der Waals surface area contributed by atoms with Crippen molar-refractivity contribution in [3.8, 4) is 11.1 Å². The van der Waals surface area contributed by atoms with Gasteiger partial charge in [-0.1, -0.05) is 60.2 Å². The first-order valence-electron chi connectivity index (χ1n) is 11.8. The fourth-order valence-electron chi connectivity index (χ4n) is 4.43. The first kappa shape index (κ1) is 24.5. The minimum Gasteiger partial charge on any atom is -0.454 e. The maximum Gasteiger partial charge on any atom is 0.338 e. The number of hydrogen-bond acceptors (Lipinski definition) is 5. The average Bonchev–Trinajstić information content (AvgIpc) is 3.29. The Labute approximate surface area is 216 Å². The molecule has 6 nitrogen and oxygen atoms in total. The Bertz CT molecular complexity index is 1620. The molecule has 0 heterocycles. The third-order valence-electron chi connectivity index (χ3n) is 6.58. The molecule has 186 valence electrons. The minimum absolute atomic E-state index is 0.0476. The van der Waals surface area contributed by atoms with Crippen molar-refractivity contribution in [3.63, 3.8) is 0 Å². The normalized spacial score (nSPS) is 11.9. The van der Waals surface area contributed by atoms with Gasteiger partial charge in [0.25, 0.3) is 10.0 Å². The zero-order valence-electron chi connectivity index (χ0n) is 20.5. The van der Waals surface area contributed by atoms with Crippen LogP contribution in [0.15, 0.2) is 95.9 Å². The van der Waals surface area contributed by atoms with Crippen LogP contribution in [0.5, 0.6) is 0 Å². The lowest BCUT2D eigenvalue weighted by Crippen LogP contribution is -2.26. The zero-order chi connectivity index (χ0) is 26.2. The quantitative estimate of drug-likeness (QED) is 0.215. The molecule has 0 N–H and O–H groups in total. The number of carbonyl (C=O) groups excluding carboxylic acids is 2. The molecule has 0 spiro atoms. The van der Waals surface area contributed by atoms with Crippen molar-refractivity contribution in [3.05, 3.63) is 119 Å².